The highest BCUT2D eigenvalue weighted by Gasteiger charge is 2.04. The maximum Gasteiger partial charge on any atom is 0.0485 e. The van der Waals surface area contributed by atoms with Crippen LogP contribution in [0, 0.1) is 0 Å². The average Bonchev–Trinajstić information content (AvgIpc) is 2.30. The summed E-state index contributed by atoms with van der Waals surface area (Å²) in [5.41, 5.74) is 6.29. The fourth-order valence-corrected chi connectivity index (χ4v) is 1.67. The molecule has 0 atom stereocenters. The Labute approximate surface area is 84.0 Å². The lowest BCUT2D eigenvalue weighted by Crippen LogP contribution is -2.20. The van der Waals surface area contributed by atoms with Gasteiger partial charge in [0.25, 0.3) is 0 Å². The summed E-state index contributed by atoms with van der Waals surface area (Å²) in [6.07, 6.45) is 3.35. The van der Waals surface area contributed by atoms with Crippen molar-refractivity contribution in [2.75, 3.05) is 18.5 Å². The number of rotatable bonds is 2. The van der Waals surface area contributed by atoms with Crippen LogP contribution in [-0.2, 0) is 0 Å². The Kier molecular flexibility index (Phi) is 2.81. The number of nitrogen functional groups attached to an aromatic ring is 1. The zero-order chi connectivity index (χ0) is 9.80. The third-order valence-electron chi connectivity index (χ3n) is 2.49. The lowest BCUT2D eigenvalue weighted by Gasteiger charge is -2.14. The highest BCUT2D eigenvalue weighted by atomic mass is 15.2. The minimum atomic E-state index is 0.947. The van der Waals surface area contributed by atoms with Gasteiger partial charge in [0, 0.05) is 12.2 Å². The van der Waals surface area contributed by atoms with Gasteiger partial charge in [0.05, 0.1) is 0 Å². The van der Waals surface area contributed by atoms with Crippen molar-refractivity contribution in [3.8, 4) is 0 Å². The van der Waals surface area contributed by atoms with Crippen LogP contribution in [-0.4, -0.2) is 13.1 Å². The van der Waals surface area contributed by atoms with Gasteiger partial charge in [-0.3, -0.25) is 5.84 Å². The summed E-state index contributed by atoms with van der Waals surface area (Å²) in [5, 5.41) is 3.30. The minimum absolute atomic E-state index is 0.947. The first kappa shape index (κ1) is 9.24. The van der Waals surface area contributed by atoms with E-state index in [1.165, 1.54) is 11.1 Å². The standard InChI is InChI=1S/C11H15N3/c12-14-11-3-1-9(2-4-11)10-5-7-13-8-6-10/h1-5,13-14H,6-8,12H2. The molecule has 0 bridgehead atoms. The highest BCUT2D eigenvalue weighted by molar-refractivity contribution is 5.68. The second-order valence-corrected chi connectivity index (χ2v) is 3.41. The molecule has 1 aromatic rings. The molecule has 0 aromatic heterocycles. The van der Waals surface area contributed by atoms with Crippen LogP contribution in [0.2, 0.25) is 0 Å². The molecule has 74 valence electrons. The molecule has 1 aromatic carbocycles. The second kappa shape index (κ2) is 4.26. The Hall–Kier alpha value is -1.32. The van der Waals surface area contributed by atoms with Crippen molar-refractivity contribution in [1.29, 1.82) is 0 Å². The molecule has 3 heteroatoms. The van der Waals surface area contributed by atoms with Gasteiger partial charge >= 0.3 is 0 Å². The monoisotopic (exact) mass is 189 g/mol. The zero-order valence-corrected chi connectivity index (χ0v) is 8.09. The van der Waals surface area contributed by atoms with E-state index in [9.17, 15) is 0 Å². The van der Waals surface area contributed by atoms with Crippen LogP contribution in [0.25, 0.3) is 5.57 Å². The number of anilines is 1. The van der Waals surface area contributed by atoms with Crippen molar-refractivity contribution >= 4 is 11.3 Å². The lowest BCUT2D eigenvalue weighted by atomic mass is 10.0. The van der Waals surface area contributed by atoms with E-state index in [-0.39, 0.29) is 0 Å². The molecule has 1 aliphatic heterocycles. The molecule has 0 saturated carbocycles. The van der Waals surface area contributed by atoms with E-state index in [2.05, 4.69) is 29.0 Å². The lowest BCUT2D eigenvalue weighted by molar-refractivity contribution is 0.738. The maximum absolute atomic E-state index is 5.30. The summed E-state index contributed by atoms with van der Waals surface area (Å²) in [7, 11) is 0. The summed E-state index contributed by atoms with van der Waals surface area (Å²) >= 11 is 0. The topological polar surface area (TPSA) is 50.1 Å². The minimum Gasteiger partial charge on any atom is -0.324 e. The van der Waals surface area contributed by atoms with Crippen LogP contribution >= 0.6 is 0 Å². The molecule has 14 heavy (non-hydrogen) atoms. The number of nitrogens with two attached hydrogens (primary N) is 1. The molecule has 0 radical (unpaired) electrons. The zero-order valence-electron chi connectivity index (χ0n) is 8.09. The Morgan fingerprint density at radius 3 is 2.57 bits per heavy atom. The van der Waals surface area contributed by atoms with Gasteiger partial charge in [0.15, 0.2) is 0 Å². The fraction of sp³-hybridized carbons (Fsp3) is 0.273. The molecule has 4 N–H and O–H groups in total. The Bertz CT molecular complexity index is 327. The average molecular weight is 189 g/mol. The van der Waals surface area contributed by atoms with Crippen molar-refractivity contribution in [3.63, 3.8) is 0 Å². The summed E-state index contributed by atoms with van der Waals surface area (Å²) in [6, 6.07) is 8.20. The predicted octanol–water partition coefficient (Wildman–Crippen LogP) is 1.35. The Morgan fingerprint density at radius 1 is 1.21 bits per heavy atom. The quantitative estimate of drug-likeness (QED) is 0.486. The van der Waals surface area contributed by atoms with Crippen LogP contribution in [0.4, 0.5) is 5.69 Å². The van der Waals surface area contributed by atoms with Crippen molar-refractivity contribution in [3.05, 3.63) is 35.9 Å². The van der Waals surface area contributed by atoms with Gasteiger partial charge in [-0.05, 0) is 36.2 Å². The molecule has 0 fully saturated rings. The first-order chi connectivity index (χ1) is 6.90. The van der Waals surface area contributed by atoms with Gasteiger partial charge in [0.1, 0.15) is 0 Å². The van der Waals surface area contributed by atoms with Crippen LogP contribution in [0.15, 0.2) is 30.3 Å². The third-order valence-corrected chi connectivity index (χ3v) is 2.49. The first-order valence-electron chi connectivity index (χ1n) is 4.87. The van der Waals surface area contributed by atoms with E-state index < -0.39 is 0 Å². The first-order valence-corrected chi connectivity index (χ1v) is 4.87. The molecule has 2 rings (SSSR count). The Balaban J connectivity index is 2.19. The normalized spacial score (nSPS) is 16.2. The van der Waals surface area contributed by atoms with Gasteiger partial charge < -0.3 is 10.7 Å². The summed E-state index contributed by atoms with van der Waals surface area (Å²) in [5.74, 6) is 5.30. The summed E-state index contributed by atoms with van der Waals surface area (Å²) in [4.78, 5) is 0. The smallest absolute Gasteiger partial charge is 0.0485 e. The molecule has 0 aliphatic carbocycles. The number of nitrogens with one attached hydrogen (secondary N) is 2. The van der Waals surface area contributed by atoms with Crippen molar-refractivity contribution in [2.24, 2.45) is 5.84 Å². The van der Waals surface area contributed by atoms with Gasteiger partial charge in [-0.2, -0.15) is 0 Å². The van der Waals surface area contributed by atoms with Crippen molar-refractivity contribution in [1.82, 2.24) is 5.32 Å². The van der Waals surface area contributed by atoms with Gasteiger partial charge in [0.2, 0.25) is 0 Å². The number of hydrazine groups is 1. The highest BCUT2D eigenvalue weighted by Crippen LogP contribution is 2.20. The second-order valence-electron chi connectivity index (χ2n) is 3.41. The molecule has 1 aliphatic rings. The molecule has 3 nitrogen and oxygen atoms in total. The Morgan fingerprint density at radius 2 is 2.00 bits per heavy atom. The molecule has 0 spiro atoms. The van der Waals surface area contributed by atoms with Gasteiger partial charge in [-0.1, -0.05) is 18.2 Å². The number of hydrogen-bond acceptors (Lipinski definition) is 3. The molecule has 0 amide bonds. The van der Waals surface area contributed by atoms with E-state index >= 15 is 0 Å². The summed E-state index contributed by atoms with van der Waals surface area (Å²) in [6.45, 7) is 2.05. The van der Waals surface area contributed by atoms with Gasteiger partial charge in [-0.15, -0.1) is 0 Å². The van der Waals surface area contributed by atoms with Crippen molar-refractivity contribution < 1.29 is 0 Å². The van der Waals surface area contributed by atoms with E-state index in [1.807, 2.05) is 12.1 Å². The molecular formula is C11H15N3. The van der Waals surface area contributed by atoms with E-state index in [4.69, 9.17) is 5.84 Å². The fourth-order valence-electron chi connectivity index (χ4n) is 1.67. The van der Waals surface area contributed by atoms with Crippen molar-refractivity contribution in [2.45, 2.75) is 6.42 Å². The maximum atomic E-state index is 5.30. The summed E-state index contributed by atoms with van der Waals surface area (Å²) < 4.78 is 0. The van der Waals surface area contributed by atoms with Crippen LogP contribution in [0.1, 0.15) is 12.0 Å². The largest absolute Gasteiger partial charge is 0.324 e. The van der Waals surface area contributed by atoms with Crippen LogP contribution in [0.3, 0.4) is 0 Å². The SMILES string of the molecule is NNc1ccc(C2=CCNCC2)cc1. The predicted molar refractivity (Wildman–Crippen MR) is 59.7 cm³/mol. The molecule has 0 unspecified atom stereocenters. The molecule has 0 saturated heterocycles. The number of benzene rings is 1. The van der Waals surface area contributed by atoms with Crippen LogP contribution < -0.4 is 16.6 Å². The van der Waals surface area contributed by atoms with E-state index in [1.54, 1.807) is 0 Å². The molecular weight excluding hydrogens is 174 g/mol. The number of hydrogen-bond donors (Lipinski definition) is 3. The van der Waals surface area contributed by atoms with Crippen LogP contribution in [0.5, 0.6) is 0 Å². The molecule has 1 heterocycles. The van der Waals surface area contributed by atoms with E-state index in [0.717, 1.165) is 25.2 Å². The van der Waals surface area contributed by atoms with E-state index in [0.29, 0.717) is 0 Å². The third kappa shape index (κ3) is 1.95. The van der Waals surface area contributed by atoms with Gasteiger partial charge in [-0.25, -0.2) is 0 Å².